The van der Waals surface area contributed by atoms with E-state index in [1.54, 1.807) is 7.11 Å². The highest BCUT2D eigenvalue weighted by Gasteiger charge is 2.04. The summed E-state index contributed by atoms with van der Waals surface area (Å²) in [5.74, 6) is 0.969. The fourth-order valence-corrected chi connectivity index (χ4v) is 1.45. The van der Waals surface area contributed by atoms with E-state index in [9.17, 15) is 0 Å². The summed E-state index contributed by atoms with van der Waals surface area (Å²) in [6, 6.07) is 7.02. The summed E-state index contributed by atoms with van der Waals surface area (Å²) < 4.78 is 5.25. The maximum absolute atomic E-state index is 5.25. The van der Waals surface area contributed by atoms with Crippen molar-refractivity contribution in [1.29, 1.82) is 0 Å². The van der Waals surface area contributed by atoms with Crippen LogP contribution in [-0.2, 0) is 12.8 Å². The van der Waals surface area contributed by atoms with Gasteiger partial charge in [0.05, 0.1) is 7.11 Å². The molecule has 0 saturated heterocycles. The predicted octanol–water partition coefficient (Wildman–Crippen LogP) is 2.62. The van der Waals surface area contributed by atoms with Gasteiger partial charge in [0.1, 0.15) is 5.75 Å². The minimum atomic E-state index is 0.969. The summed E-state index contributed by atoms with van der Waals surface area (Å²) in [7, 11) is 1.71. The summed E-state index contributed by atoms with van der Waals surface area (Å²) in [5.41, 5.74) is 2.66. The van der Waals surface area contributed by atoms with Gasteiger partial charge in [-0.3, -0.25) is 0 Å². The Morgan fingerprint density at radius 1 is 1.25 bits per heavy atom. The number of benzene rings is 1. The smallest absolute Gasteiger partial charge is 0.122 e. The van der Waals surface area contributed by atoms with Gasteiger partial charge < -0.3 is 4.74 Å². The van der Waals surface area contributed by atoms with Crippen LogP contribution in [0.3, 0.4) is 0 Å². The van der Waals surface area contributed by atoms with Crippen molar-refractivity contribution in [3.63, 3.8) is 0 Å². The van der Waals surface area contributed by atoms with Gasteiger partial charge >= 0.3 is 0 Å². The van der Waals surface area contributed by atoms with Crippen molar-refractivity contribution in [2.75, 3.05) is 7.11 Å². The normalized spacial score (nSPS) is 9.92. The van der Waals surface area contributed by atoms with Gasteiger partial charge in [-0.15, -0.1) is 0 Å². The van der Waals surface area contributed by atoms with Crippen LogP contribution in [-0.4, -0.2) is 7.11 Å². The van der Waals surface area contributed by atoms with E-state index < -0.39 is 0 Å². The van der Waals surface area contributed by atoms with E-state index in [0.717, 1.165) is 18.6 Å². The van der Waals surface area contributed by atoms with Crippen LogP contribution in [0.25, 0.3) is 0 Å². The second-order valence-corrected chi connectivity index (χ2v) is 2.73. The van der Waals surface area contributed by atoms with Crippen LogP contribution < -0.4 is 4.74 Å². The standard InChI is InChI=1S/C11H15O/c1-4-9-7-6-8-11(12-3)10(9)5-2/h7-8H,4-5H2,1-3H3. The molecule has 0 N–H and O–H groups in total. The predicted molar refractivity (Wildman–Crippen MR) is 50.6 cm³/mol. The van der Waals surface area contributed by atoms with E-state index in [-0.39, 0.29) is 0 Å². The van der Waals surface area contributed by atoms with Gasteiger partial charge in [-0.2, -0.15) is 0 Å². The van der Waals surface area contributed by atoms with Crippen molar-refractivity contribution in [1.82, 2.24) is 0 Å². The zero-order valence-corrected chi connectivity index (χ0v) is 7.98. The number of methoxy groups -OCH3 is 1. The molecule has 0 spiro atoms. The molecule has 1 aromatic carbocycles. The van der Waals surface area contributed by atoms with Crippen molar-refractivity contribution in [2.45, 2.75) is 26.7 Å². The molecule has 0 bridgehead atoms. The molecule has 0 unspecified atom stereocenters. The lowest BCUT2D eigenvalue weighted by Gasteiger charge is -2.10. The van der Waals surface area contributed by atoms with E-state index in [1.807, 2.05) is 12.1 Å². The second-order valence-electron chi connectivity index (χ2n) is 2.73. The third-order valence-corrected chi connectivity index (χ3v) is 2.11. The van der Waals surface area contributed by atoms with E-state index in [4.69, 9.17) is 4.74 Å². The van der Waals surface area contributed by atoms with Crippen LogP contribution >= 0.6 is 0 Å². The molecule has 0 aliphatic carbocycles. The summed E-state index contributed by atoms with van der Waals surface area (Å²) in [6.07, 6.45) is 2.08. The molecular formula is C11H15O. The third kappa shape index (κ3) is 1.60. The molecule has 1 nitrogen and oxygen atoms in total. The third-order valence-electron chi connectivity index (χ3n) is 2.11. The molecule has 0 aromatic heterocycles. The van der Waals surface area contributed by atoms with Gasteiger partial charge in [-0.05, 0) is 36.1 Å². The second kappa shape index (κ2) is 4.15. The minimum Gasteiger partial charge on any atom is -0.496 e. The summed E-state index contributed by atoms with van der Waals surface area (Å²) in [6.45, 7) is 4.30. The molecule has 0 fully saturated rings. The first-order valence-corrected chi connectivity index (χ1v) is 4.39. The topological polar surface area (TPSA) is 9.23 Å². The zero-order chi connectivity index (χ0) is 8.97. The van der Waals surface area contributed by atoms with E-state index in [1.165, 1.54) is 11.1 Å². The zero-order valence-electron chi connectivity index (χ0n) is 7.98. The minimum absolute atomic E-state index is 0.969. The van der Waals surface area contributed by atoms with Crippen molar-refractivity contribution < 1.29 is 4.74 Å². The Kier molecular flexibility index (Phi) is 3.15. The molecular weight excluding hydrogens is 148 g/mol. The number of aryl methyl sites for hydroxylation is 1. The maximum Gasteiger partial charge on any atom is 0.122 e. The van der Waals surface area contributed by atoms with Crippen LogP contribution in [0.1, 0.15) is 25.0 Å². The van der Waals surface area contributed by atoms with Crippen LogP contribution in [0.15, 0.2) is 12.1 Å². The number of hydrogen-bond acceptors (Lipinski definition) is 1. The molecule has 0 amide bonds. The van der Waals surface area contributed by atoms with Crippen molar-refractivity contribution >= 4 is 0 Å². The van der Waals surface area contributed by atoms with Crippen LogP contribution in [0.4, 0.5) is 0 Å². The molecule has 1 rings (SSSR count). The molecule has 65 valence electrons. The molecule has 0 aliphatic heterocycles. The molecule has 1 heteroatoms. The van der Waals surface area contributed by atoms with Gasteiger partial charge in [0.2, 0.25) is 0 Å². The summed E-state index contributed by atoms with van der Waals surface area (Å²) >= 11 is 0. The summed E-state index contributed by atoms with van der Waals surface area (Å²) in [4.78, 5) is 0. The number of ether oxygens (including phenoxy) is 1. The molecule has 0 aliphatic rings. The molecule has 0 atom stereocenters. The SMILES string of the molecule is CCc1c[c]cc(OC)c1CC. The first-order valence-electron chi connectivity index (χ1n) is 4.39. The Morgan fingerprint density at radius 3 is 2.50 bits per heavy atom. The van der Waals surface area contributed by atoms with Gasteiger partial charge in [0.25, 0.3) is 0 Å². The van der Waals surface area contributed by atoms with E-state index >= 15 is 0 Å². The highest BCUT2D eigenvalue weighted by Crippen LogP contribution is 2.22. The lowest BCUT2D eigenvalue weighted by Crippen LogP contribution is -1.95. The number of hydrogen-bond donors (Lipinski definition) is 0. The quantitative estimate of drug-likeness (QED) is 0.665. The Bertz CT molecular complexity index is 231. The van der Waals surface area contributed by atoms with Crippen LogP contribution in [0, 0.1) is 6.07 Å². The first-order chi connectivity index (χ1) is 5.83. The van der Waals surface area contributed by atoms with Crippen molar-refractivity contribution in [2.24, 2.45) is 0 Å². The Hall–Kier alpha value is -0.980. The van der Waals surface area contributed by atoms with E-state index in [0.29, 0.717) is 0 Å². The highest BCUT2D eigenvalue weighted by atomic mass is 16.5. The lowest BCUT2D eigenvalue weighted by atomic mass is 10.0. The van der Waals surface area contributed by atoms with Crippen LogP contribution in [0.2, 0.25) is 0 Å². The van der Waals surface area contributed by atoms with Gasteiger partial charge in [0.15, 0.2) is 0 Å². The van der Waals surface area contributed by atoms with Gasteiger partial charge in [-0.1, -0.05) is 19.9 Å². The van der Waals surface area contributed by atoms with Crippen LogP contribution in [0.5, 0.6) is 5.75 Å². The Balaban J connectivity index is 3.13. The fourth-order valence-electron chi connectivity index (χ4n) is 1.45. The van der Waals surface area contributed by atoms with Crippen molar-refractivity contribution in [3.05, 3.63) is 29.3 Å². The largest absolute Gasteiger partial charge is 0.496 e. The summed E-state index contributed by atoms with van der Waals surface area (Å²) in [5, 5.41) is 0. The van der Waals surface area contributed by atoms with Crippen molar-refractivity contribution in [3.8, 4) is 5.75 Å². The Labute approximate surface area is 74.4 Å². The Morgan fingerprint density at radius 2 is 2.00 bits per heavy atom. The van der Waals surface area contributed by atoms with E-state index in [2.05, 4.69) is 19.9 Å². The molecule has 0 heterocycles. The lowest BCUT2D eigenvalue weighted by molar-refractivity contribution is 0.409. The van der Waals surface area contributed by atoms with Gasteiger partial charge in [-0.25, -0.2) is 0 Å². The number of rotatable bonds is 3. The first kappa shape index (κ1) is 9.11. The molecule has 1 aromatic rings. The average molecular weight is 163 g/mol. The highest BCUT2D eigenvalue weighted by molar-refractivity contribution is 5.39. The average Bonchev–Trinajstić information content (AvgIpc) is 2.16. The molecule has 0 saturated carbocycles. The fraction of sp³-hybridized carbons (Fsp3) is 0.455. The monoisotopic (exact) mass is 163 g/mol. The van der Waals surface area contributed by atoms with Gasteiger partial charge in [0, 0.05) is 0 Å². The molecule has 1 radical (unpaired) electrons. The molecule has 12 heavy (non-hydrogen) atoms. The maximum atomic E-state index is 5.25.